The highest BCUT2D eigenvalue weighted by Crippen LogP contribution is 2.24. The van der Waals surface area contributed by atoms with Gasteiger partial charge in [-0.15, -0.1) is 0 Å². The standard InChI is InChI=1S/C22H24N4O3S/c1-15-6-5-7-16(2)21(15)25-30(28,29)19-11-9-18(10-12-19)24-22(27)17-8-13-20(23-14-17)26(3)4/h5-14,25H,1-4H3,(H,24,27). The molecule has 0 fully saturated rings. The number of nitrogens with zero attached hydrogens (tertiary/aromatic N) is 2. The molecule has 1 aromatic heterocycles. The molecule has 0 saturated carbocycles. The maximum atomic E-state index is 12.7. The molecular formula is C22H24N4O3S. The molecule has 0 radical (unpaired) electrons. The average molecular weight is 425 g/mol. The summed E-state index contributed by atoms with van der Waals surface area (Å²) >= 11 is 0. The molecule has 0 spiro atoms. The first-order chi connectivity index (χ1) is 14.2. The number of hydrogen-bond acceptors (Lipinski definition) is 5. The molecule has 0 aliphatic heterocycles. The van der Waals surface area contributed by atoms with E-state index in [1.165, 1.54) is 18.3 Å². The number of amides is 1. The van der Waals surface area contributed by atoms with Crippen molar-refractivity contribution in [2.24, 2.45) is 0 Å². The number of hydrogen-bond donors (Lipinski definition) is 2. The first kappa shape index (κ1) is 21.3. The lowest BCUT2D eigenvalue weighted by Crippen LogP contribution is -2.16. The van der Waals surface area contributed by atoms with Crippen molar-refractivity contribution in [2.45, 2.75) is 18.7 Å². The van der Waals surface area contributed by atoms with Gasteiger partial charge in [0.05, 0.1) is 16.1 Å². The van der Waals surface area contributed by atoms with Gasteiger partial charge in [-0.25, -0.2) is 13.4 Å². The Kier molecular flexibility index (Phi) is 6.07. The number of pyridine rings is 1. The van der Waals surface area contributed by atoms with E-state index in [0.717, 1.165) is 16.9 Å². The van der Waals surface area contributed by atoms with E-state index < -0.39 is 10.0 Å². The zero-order chi connectivity index (χ0) is 21.9. The van der Waals surface area contributed by atoms with E-state index in [-0.39, 0.29) is 10.8 Å². The van der Waals surface area contributed by atoms with Gasteiger partial charge in [-0.2, -0.15) is 0 Å². The van der Waals surface area contributed by atoms with E-state index in [2.05, 4.69) is 15.0 Å². The molecule has 0 bridgehead atoms. The van der Waals surface area contributed by atoms with Gasteiger partial charge >= 0.3 is 0 Å². The summed E-state index contributed by atoms with van der Waals surface area (Å²) in [7, 11) is -0.00998. The minimum absolute atomic E-state index is 0.111. The second-order valence-corrected chi connectivity index (χ2v) is 8.83. The molecule has 156 valence electrons. The maximum Gasteiger partial charge on any atom is 0.261 e. The summed E-state index contributed by atoms with van der Waals surface area (Å²) in [6.45, 7) is 3.70. The lowest BCUT2D eigenvalue weighted by atomic mass is 10.1. The third-order valence-corrected chi connectivity index (χ3v) is 5.97. The number of aromatic nitrogens is 1. The van der Waals surface area contributed by atoms with Crippen molar-refractivity contribution in [3.63, 3.8) is 0 Å². The first-order valence-electron chi connectivity index (χ1n) is 9.31. The Labute approximate surface area is 176 Å². The predicted octanol–water partition coefficient (Wildman–Crippen LogP) is 3.82. The van der Waals surface area contributed by atoms with Crippen LogP contribution in [0.2, 0.25) is 0 Å². The highest BCUT2D eigenvalue weighted by atomic mass is 32.2. The Morgan fingerprint density at radius 1 is 0.933 bits per heavy atom. The van der Waals surface area contributed by atoms with Crippen LogP contribution in [0.1, 0.15) is 21.5 Å². The number of sulfonamides is 1. The topological polar surface area (TPSA) is 91.4 Å². The van der Waals surface area contributed by atoms with Crippen LogP contribution in [0, 0.1) is 13.8 Å². The Balaban J connectivity index is 1.73. The first-order valence-corrected chi connectivity index (χ1v) is 10.8. The van der Waals surface area contributed by atoms with Gasteiger partial charge in [-0.1, -0.05) is 18.2 Å². The highest BCUT2D eigenvalue weighted by molar-refractivity contribution is 7.92. The number of aryl methyl sites for hydroxylation is 2. The second kappa shape index (κ2) is 8.54. The van der Waals surface area contributed by atoms with Crippen molar-refractivity contribution in [3.8, 4) is 0 Å². The maximum absolute atomic E-state index is 12.7. The van der Waals surface area contributed by atoms with Crippen LogP contribution >= 0.6 is 0 Å². The fourth-order valence-corrected chi connectivity index (χ4v) is 4.08. The van der Waals surface area contributed by atoms with Crippen molar-refractivity contribution in [1.29, 1.82) is 0 Å². The molecule has 0 atom stereocenters. The molecular weight excluding hydrogens is 400 g/mol. The summed E-state index contributed by atoms with van der Waals surface area (Å²) in [6, 6.07) is 15.0. The Morgan fingerprint density at radius 2 is 1.57 bits per heavy atom. The molecule has 30 heavy (non-hydrogen) atoms. The molecule has 1 amide bonds. The minimum atomic E-state index is -3.75. The summed E-state index contributed by atoms with van der Waals surface area (Å²) in [5, 5.41) is 2.75. The van der Waals surface area contributed by atoms with Gasteiger partial charge in [-0.3, -0.25) is 9.52 Å². The number of carbonyl (C=O) groups is 1. The van der Waals surface area contributed by atoms with Crippen LogP contribution in [-0.4, -0.2) is 33.4 Å². The van der Waals surface area contributed by atoms with Crippen LogP contribution in [-0.2, 0) is 10.0 Å². The van der Waals surface area contributed by atoms with Crippen LogP contribution in [0.4, 0.5) is 17.2 Å². The van der Waals surface area contributed by atoms with E-state index >= 15 is 0 Å². The number of benzene rings is 2. The zero-order valence-electron chi connectivity index (χ0n) is 17.3. The van der Waals surface area contributed by atoms with Gasteiger partial charge in [0.1, 0.15) is 5.82 Å². The average Bonchev–Trinajstić information content (AvgIpc) is 2.71. The monoisotopic (exact) mass is 424 g/mol. The minimum Gasteiger partial charge on any atom is -0.363 e. The molecule has 0 aliphatic carbocycles. The third-order valence-electron chi connectivity index (χ3n) is 4.61. The summed E-state index contributed by atoms with van der Waals surface area (Å²) < 4.78 is 28.1. The van der Waals surface area contributed by atoms with Gasteiger partial charge in [0.15, 0.2) is 0 Å². The van der Waals surface area contributed by atoms with Crippen molar-refractivity contribution < 1.29 is 13.2 Å². The van der Waals surface area contributed by atoms with Gasteiger partial charge in [-0.05, 0) is 61.4 Å². The largest absolute Gasteiger partial charge is 0.363 e. The number of para-hydroxylation sites is 1. The summed E-state index contributed by atoms with van der Waals surface area (Å²) in [5.74, 6) is 0.426. The Hall–Kier alpha value is -3.39. The molecule has 3 aromatic rings. The van der Waals surface area contributed by atoms with Gasteiger partial charge in [0, 0.05) is 26.0 Å². The van der Waals surface area contributed by atoms with Gasteiger partial charge in [0.25, 0.3) is 15.9 Å². The lowest BCUT2D eigenvalue weighted by molar-refractivity contribution is 0.102. The molecule has 2 N–H and O–H groups in total. The van der Waals surface area contributed by atoms with E-state index in [1.807, 2.05) is 51.0 Å². The number of anilines is 3. The highest BCUT2D eigenvalue weighted by Gasteiger charge is 2.17. The molecule has 0 aliphatic rings. The van der Waals surface area contributed by atoms with Crippen molar-refractivity contribution >= 4 is 33.1 Å². The quantitative estimate of drug-likeness (QED) is 0.628. The van der Waals surface area contributed by atoms with E-state index in [1.54, 1.807) is 24.3 Å². The van der Waals surface area contributed by atoms with Crippen LogP contribution in [0.25, 0.3) is 0 Å². The number of nitrogens with one attached hydrogen (secondary N) is 2. The Bertz CT molecular complexity index is 1140. The summed E-state index contributed by atoms with van der Waals surface area (Å²) in [4.78, 5) is 18.6. The van der Waals surface area contributed by atoms with Gasteiger partial charge < -0.3 is 10.2 Å². The fraction of sp³-hybridized carbons (Fsp3) is 0.182. The summed E-state index contributed by atoms with van der Waals surface area (Å²) in [5.41, 5.74) is 3.16. The van der Waals surface area contributed by atoms with Crippen LogP contribution in [0.5, 0.6) is 0 Å². The van der Waals surface area contributed by atoms with E-state index in [4.69, 9.17) is 0 Å². The molecule has 7 nitrogen and oxygen atoms in total. The van der Waals surface area contributed by atoms with E-state index in [0.29, 0.717) is 16.9 Å². The van der Waals surface area contributed by atoms with Crippen molar-refractivity contribution in [3.05, 3.63) is 77.5 Å². The summed E-state index contributed by atoms with van der Waals surface area (Å²) in [6.07, 6.45) is 1.50. The van der Waals surface area contributed by atoms with E-state index in [9.17, 15) is 13.2 Å². The SMILES string of the molecule is Cc1cccc(C)c1NS(=O)(=O)c1ccc(NC(=O)c2ccc(N(C)C)nc2)cc1. The molecule has 1 heterocycles. The van der Waals surface area contributed by atoms with Gasteiger partial charge in [0.2, 0.25) is 0 Å². The Morgan fingerprint density at radius 3 is 2.10 bits per heavy atom. The second-order valence-electron chi connectivity index (χ2n) is 7.15. The molecule has 0 saturated heterocycles. The molecule has 2 aromatic carbocycles. The van der Waals surface area contributed by atoms with Crippen molar-refractivity contribution in [2.75, 3.05) is 29.0 Å². The smallest absolute Gasteiger partial charge is 0.261 e. The van der Waals surface area contributed by atoms with Crippen LogP contribution < -0.4 is 14.9 Å². The molecule has 8 heteroatoms. The number of carbonyl (C=O) groups excluding carboxylic acids is 1. The third kappa shape index (κ3) is 4.77. The van der Waals surface area contributed by atoms with Crippen molar-refractivity contribution in [1.82, 2.24) is 4.98 Å². The number of rotatable bonds is 6. The molecule has 0 unspecified atom stereocenters. The molecule has 3 rings (SSSR count). The van der Waals surface area contributed by atoms with Crippen LogP contribution in [0.15, 0.2) is 65.7 Å². The van der Waals surface area contributed by atoms with Crippen LogP contribution in [0.3, 0.4) is 0 Å². The fourth-order valence-electron chi connectivity index (χ4n) is 2.87. The lowest BCUT2D eigenvalue weighted by Gasteiger charge is -2.14. The normalized spacial score (nSPS) is 11.1. The zero-order valence-corrected chi connectivity index (χ0v) is 18.1. The predicted molar refractivity (Wildman–Crippen MR) is 120 cm³/mol.